The first kappa shape index (κ1) is 18.7. The molecule has 152 valence electrons. The number of hydrogen-bond acceptors (Lipinski definition) is 3. The molecule has 4 heteroatoms. The van der Waals surface area contributed by atoms with Crippen LogP contribution in [0.2, 0.25) is 0 Å². The highest BCUT2D eigenvalue weighted by atomic mass is 16.2. The van der Waals surface area contributed by atoms with E-state index in [-0.39, 0.29) is 5.41 Å². The zero-order valence-electron chi connectivity index (χ0n) is 17.6. The molecule has 29 heavy (non-hydrogen) atoms. The van der Waals surface area contributed by atoms with Gasteiger partial charge >= 0.3 is 0 Å². The van der Waals surface area contributed by atoms with Crippen LogP contribution in [0.4, 0.5) is 11.5 Å². The molecule has 4 aliphatic rings. The van der Waals surface area contributed by atoms with Gasteiger partial charge < -0.3 is 4.90 Å². The molecule has 2 aromatic rings. The molecule has 1 heterocycles. The van der Waals surface area contributed by atoms with Gasteiger partial charge in [-0.1, -0.05) is 18.2 Å². The molecule has 4 saturated carbocycles. The van der Waals surface area contributed by atoms with Crippen LogP contribution in [0.1, 0.15) is 44.1 Å². The molecule has 1 aromatic carbocycles. The molecule has 0 N–H and O–H groups in total. The van der Waals surface area contributed by atoms with Crippen molar-refractivity contribution in [3.8, 4) is 0 Å². The Morgan fingerprint density at radius 1 is 0.966 bits per heavy atom. The number of carbonyl (C=O) groups excluding carboxylic acids is 1. The van der Waals surface area contributed by atoms with Gasteiger partial charge in [0.2, 0.25) is 5.91 Å². The minimum Gasteiger partial charge on any atom is -0.378 e. The zero-order chi connectivity index (χ0) is 20.0. The molecule has 4 bridgehead atoms. The first-order valence-electron chi connectivity index (χ1n) is 11.0. The van der Waals surface area contributed by atoms with Crippen LogP contribution in [0.25, 0.3) is 0 Å². The highest BCUT2D eigenvalue weighted by Crippen LogP contribution is 2.60. The average Bonchev–Trinajstić information content (AvgIpc) is 2.71. The lowest BCUT2D eigenvalue weighted by molar-refractivity contribution is -0.143. The third-order valence-electron chi connectivity index (χ3n) is 7.46. The molecule has 6 rings (SSSR count). The molecular weight excluding hydrogens is 358 g/mol. The Kier molecular flexibility index (Phi) is 4.60. The fourth-order valence-electron chi connectivity index (χ4n) is 6.51. The minimum absolute atomic E-state index is 0.157. The predicted molar refractivity (Wildman–Crippen MR) is 117 cm³/mol. The van der Waals surface area contributed by atoms with Gasteiger partial charge in [0.1, 0.15) is 5.82 Å². The summed E-state index contributed by atoms with van der Waals surface area (Å²) in [6, 6.07) is 14.4. The van der Waals surface area contributed by atoms with Gasteiger partial charge in [0.25, 0.3) is 0 Å². The second-order valence-electron chi connectivity index (χ2n) is 9.84. The summed E-state index contributed by atoms with van der Waals surface area (Å²) in [5, 5.41) is 0. The van der Waals surface area contributed by atoms with E-state index < -0.39 is 0 Å². The van der Waals surface area contributed by atoms with E-state index in [1.54, 1.807) is 6.20 Å². The SMILES string of the molecule is CN(C)c1ccc(CN(C(=O)C23CC4CC(CC(C4)C2)C3)c2ccccn2)cc1. The number of anilines is 2. The standard InChI is InChI=1S/C25H31N3O/c1-27(2)22-8-6-18(7-9-22)17-28(23-5-3-4-10-26-23)24(29)25-14-19-11-20(15-25)13-21(12-19)16-25/h3-10,19-21H,11-17H2,1-2H3. The number of pyridine rings is 1. The summed E-state index contributed by atoms with van der Waals surface area (Å²) in [6.07, 6.45) is 9.10. The van der Waals surface area contributed by atoms with Crippen molar-refractivity contribution in [3.63, 3.8) is 0 Å². The van der Waals surface area contributed by atoms with Gasteiger partial charge in [-0.3, -0.25) is 9.69 Å². The summed E-state index contributed by atoms with van der Waals surface area (Å²) in [6.45, 7) is 0.589. The van der Waals surface area contributed by atoms with Gasteiger partial charge in [0.15, 0.2) is 0 Å². The molecule has 0 spiro atoms. The van der Waals surface area contributed by atoms with Gasteiger partial charge in [0, 0.05) is 26.0 Å². The van der Waals surface area contributed by atoms with Crippen LogP contribution < -0.4 is 9.80 Å². The van der Waals surface area contributed by atoms with Gasteiger partial charge in [0.05, 0.1) is 12.0 Å². The Balaban J connectivity index is 1.45. The molecular formula is C25H31N3O. The number of aromatic nitrogens is 1. The summed E-state index contributed by atoms with van der Waals surface area (Å²) in [5.41, 5.74) is 2.17. The lowest BCUT2D eigenvalue weighted by Gasteiger charge is -2.56. The van der Waals surface area contributed by atoms with Crippen molar-refractivity contribution >= 4 is 17.4 Å². The molecule has 0 atom stereocenters. The Labute approximate surface area is 173 Å². The summed E-state index contributed by atoms with van der Waals surface area (Å²) in [7, 11) is 4.09. The maximum atomic E-state index is 14.1. The first-order chi connectivity index (χ1) is 14.0. The largest absolute Gasteiger partial charge is 0.378 e. The second kappa shape index (κ2) is 7.16. The molecule has 0 aliphatic heterocycles. The number of amides is 1. The molecule has 0 saturated heterocycles. The molecule has 1 aromatic heterocycles. The number of nitrogens with zero attached hydrogens (tertiary/aromatic N) is 3. The molecule has 0 radical (unpaired) electrons. The van der Waals surface area contributed by atoms with Crippen molar-refractivity contribution in [2.75, 3.05) is 23.9 Å². The van der Waals surface area contributed by atoms with E-state index in [9.17, 15) is 4.79 Å². The zero-order valence-corrected chi connectivity index (χ0v) is 17.6. The fraction of sp³-hybridized carbons (Fsp3) is 0.520. The van der Waals surface area contributed by atoms with Gasteiger partial charge in [-0.05, 0) is 86.1 Å². The number of rotatable bonds is 5. The Hall–Kier alpha value is -2.36. The maximum absolute atomic E-state index is 14.1. The van der Waals surface area contributed by atoms with Crippen molar-refractivity contribution in [1.82, 2.24) is 4.98 Å². The first-order valence-corrected chi connectivity index (χ1v) is 11.0. The maximum Gasteiger partial charge on any atom is 0.234 e. The summed E-state index contributed by atoms with van der Waals surface area (Å²) in [5.74, 6) is 3.37. The van der Waals surface area contributed by atoms with E-state index in [4.69, 9.17) is 0 Å². The molecule has 4 fully saturated rings. The van der Waals surface area contributed by atoms with Crippen LogP contribution in [0, 0.1) is 23.2 Å². The van der Waals surface area contributed by atoms with E-state index in [1.165, 1.54) is 24.9 Å². The number of hydrogen-bond donors (Lipinski definition) is 0. The van der Waals surface area contributed by atoms with Crippen molar-refractivity contribution in [2.24, 2.45) is 23.2 Å². The van der Waals surface area contributed by atoms with Gasteiger partial charge in [-0.15, -0.1) is 0 Å². The quantitative estimate of drug-likeness (QED) is 0.730. The fourth-order valence-corrected chi connectivity index (χ4v) is 6.51. The Morgan fingerprint density at radius 2 is 1.59 bits per heavy atom. The summed E-state index contributed by atoms with van der Waals surface area (Å²) < 4.78 is 0. The Morgan fingerprint density at radius 3 is 2.10 bits per heavy atom. The van der Waals surface area contributed by atoms with Crippen molar-refractivity contribution < 1.29 is 4.79 Å². The molecule has 4 aliphatic carbocycles. The van der Waals surface area contributed by atoms with E-state index in [1.807, 2.05) is 37.2 Å². The van der Waals surface area contributed by atoms with Crippen LogP contribution >= 0.6 is 0 Å². The predicted octanol–water partition coefficient (Wildman–Crippen LogP) is 4.90. The minimum atomic E-state index is -0.157. The van der Waals surface area contributed by atoms with Gasteiger partial charge in [-0.25, -0.2) is 4.98 Å². The van der Waals surface area contributed by atoms with Crippen LogP contribution in [-0.2, 0) is 11.3 Å². The highest BCUT2D eigenvalue weighted by Gasteiger charge is 2.55. The lowest BCUT2D eigenvalue weighted by atomic mass is 9.49. The smallest absolute Gasteiger partial charge is 0.234 e. The van der Waals surface area contributed by atoms with Gasteiger partial charge in [-0.2, -0.15) is 0 Å². The Bertz CT molecular complexity index is 839. The van der Waals surface area contributed by atoms with Crippen molar-refractivity contribution in [1.29, 1.82) is 0 Å². The highest BCUT2D eigenvalue weighted by molar-refractivity contribution is 5.97. The van der Waals surface area contributed by atoms with E-state index in [2.05, 4.69) is 34.1 Å². The van der Waals surface area contributed by atoms with Crippen LogP contribution in [0.5, 0.6) is 0 Å². The molecule has 4 nitrogen and oxygen atoms in total. The van der Waals surface area contributed by atoms with Crippen LogP contribution in [0.15, 0.2) is 48.7 Å². The van der Waals surface area contributed by atoms with Crippen molar-refractivity contribution in [3.05, 3.63) is 54.2 Å². The van der Waals surface area contributed by atoms with E-state index in [0.29, 0.717) is 12.5 Å². The number of carbonyl (C=O) groups is 1. The third kappa shape index (κ3) is 3.43. The molecule has 1 amide bonds. The third-order valence-corrected chi connectivity index (χ3v) is 7.46. The van der Waals surface area contributed by atoms with Crippen LogP contribution in [0.3, 0.4) is 0 Å². The number of benzene rings is 1. The molecule has 0 unspecified atom stereocenters. The monoisotopic (exact) mass is 389 g/mol. The van der Waals surface area contributed by atoms with Crippen LogP contribution in [-0.4, -0.2) is 25.0 Å². The summed E-state index contributed by atoms with van der Waals surface area (Å²) >= 11 is 0. The van der Waals surface area contributed by atoms with Crippen molar-refractivity contribution in [2.45, 2.75) is 45.1 Å². The summed E-state index contributed by atoms with van der Waals surface area (Å²) in [4.78, 5) is 22.7. The van der Waals surface area contributed by atoms with E-state index >= 15 is 0 Å². The lowest BCUT2D eigenvalue weighted by Crippen LogP contribution is -2.54. The average molecular weight is 390 g/mol. The second-order valence-corrected chi connectivity index (χ2v) is 9.84. The normalized spacial score (nSPS) is 29.7. The topological polar surface area (TPSA) is 36.4 Å². The van der Waals surface area contributed by atoms with E-state index in [0.717, 1.165) is 48.4 Å².